The predicted molar refractivity (Wildman–Crippen MR) is 111 cm³/mol. The van der Waals surface area contributed by atoms with Crippen molar-refractivity contribution in [3.63, 3.8) is 0 Å². The van der Waals surface area contributed by atoms with E-state index in [1.807, 2.05) is 6.07 Å². The maximum absolute atomic E-state index is 12.1. The van der Waals surface area contributed by atoms with E-state index < -0.39 is 0 Å². The number of pyridine rings is 1. The highest BCUT2D eigenvalue weighted by Crippen LogP contribution is 2.28. The molecule has 2 aromatic rings. The Hall–Kier alpha value is -3.22. The molecule has 1 heterocycles. The fourth-order valence-corrected chi connectivity index (χ4v) is 3.43. The van der Waals surface area contributed by atoms with Gasteiger partial charge in [0.25, 0.3) is 5.91 Å². The van der Waals surface area contributed by atoms with E-state index in [0.717, 1.165) is 6.42 Å². The number of rotatable bonds is 8. The Labute approximate surface area is 170 Å². The molecule has 152 valence electrons. The number of aromatic nitrogens is 1. The molecule has 1 aliphatic carbocycles. The Balaban J connectivity index is 1.39. The molecule has 0 spiro atoms. The van der Waals surface area contributed by atoms with Crippen molar-refractivity contribution in [1.29, 1.82) is 0 Å². The van der Waals surface area contributed by atoms with Crippen LogP contribution in [0.5, 0.6) is 0 Å². The first-order chi connectivity index (χ1) is 14.1. The fourth-order valence-electron chi connectivity index (χ4n) is 3.43. The lowest BCUT2D eigenvalue weighted by Crippen LogP contribution is -2.32. The van der Waals surface area contributed by atoms with E-state index in [1.165, 1.54) is 31.9 Å². The number of nitrogens with one attached hydrogen (secondary N) is 3. The summed E-state index contributed by atoms with van der Waals surface area (Å²) in [6.07, 6.45) is 7.77. The van der Waals surface area contributed by atoms with Crippen LogP contribution in [0, 0.1) is 5.92 Å². The molecule has 0 radical (unpaired) electrons. The molecular weight excluding hydrogens is 368 g/mol. The number of carbonyl (C=O) groups is 3. The predicted octanol–water partition coefficient (Wildman–Crippen LogP) is 3.36. The van der Waals surface area contributed by atoms with Gasteiger partial charge in [0.2, 0.25) is 11.8 Å². The zero-order chi connectivity index (χ0) is 20.5. The molecule has 29 heavy (non-hydrogen) atoms. The third-order valence-electron chi connectivity index (χ3n) is 5.03. The lowest BCUT2D eigenvalue weighted by atomic mass is 10.0. The summed E-state index contributed by atoms with van der Waals surface area (Å²) in [5.74, 6) is 0.375. The molecule has 7 heteroatoms. The standard InChI is InChI=1S/C22H26N4O3/c27-20(13-10-16-6-4-5-7-16)24-15-21(28)25-18-11-12-19(23-14-18)26-22(29)17-8-2-1-3-9-17/h1-3,8-9,11-12,14,16H,4-7,10,13,15H2,(H,24,27)(H,25,28)(H,23,26,29). The minimum atomic E-state index is -0.318. The minimum absolute atomic E-state index is 0.0734. The number of hydrogen-bond donors (Lipinski definition) is 3. The summed E-state index contributed by atoms with van der Waals surface area (Å²) < 4.78 is 0. The van der Waals surface area contributed by atoms with Crippen molar-refractivity contribution >= 4 is 29.2 Å². The lowest BCUT2D eigenvalue weighted by Gasteiger charge is -2.10. The van der Waals surface area contributed by atoms with Gasteiger partial charge < -0.3 is 16.0 Å². The van der Waals surface area contributed by atoms with E-state index in [4.69, 9.17) is 0 Å². The summed E-state index contributed by atoms with van der Waals surface area (Å²) in [5.41, 5.74) is 1.03. The van der Waals surface area contributed by atoms with Gasteiger partial charge in [-0.25, -0.2) is 4.98 Å². The summed E-state index contributed by atoms with van der Waals surface area (Å²) in [4.78, 5) is 40.1. The van der Waals surface area contributed by atoms with Gasteiger partial charge in [0.05, 0.1) is 18.4 Å². The van der Waals surface area contributed by atoms with Gasteiger partial charge >= 0.3 is 0 Å². The topological polar surface area (TPSA) is 100 Å². The Morgan fingerprint density at radius 1 is 0.931 bits per heavy atom. The van der Waals surface area contributed by atoms with Gasteiger partial charge in [0, 0.05) is 12.0 Å². The van der Waals surface area contributed by atoms with Crippen LogP contribution in [-0.2, 0) is 9.59 Å². The van der Waals surface area contributed by atoms with E-state index in [-0.39, 0.29) is 24.3 Å². The molecule has 0 saturated heterocycles. The second-order valence-electron chi connectivity index (χ2n) is 7.27. The molecule has 0 aliphatic heterocycles. The molecule has 1 aliphatic rings. The van der Waals surface area contributed by atoms with Gasteiger partial charge in [-0.05, 0) is 36.6 Å². The molecule has 0 atom stereocenters. The normalized spacial score (nSPS) is 13.7. The zero-order valence-corrected chi connectivity index (χ0v) is 16.3. The number of benzene rings is 1. The van der Waals surface area contributed by atoms with Crippen LogP contribution in [0.2, 0.25) is 0 Å². The average Bonchev–Trinajstić information content (AvgIpc) is 3.26. The van der Waals surface area contributed by atoms with Crippen molar-refractivity contribution in [2.75, 3.05) is 17.2 Å². The number of nitrogens with zero attached hydrogens (tertiary/aromatic N) is 1. The first-order valence-electron chi connectivity index (χ1n) is 9.99. The highest BCUT2D eigenvalue weighted by Gasteiger charge is 2.16. The first kappa shape index (κ1) is 20.5. The minimum Gasteiger partial charge on any atom is -0.347 e. The maximum atomic E-state index is 12.1. The monoisotopic (exact) mass is 394 g/mol. The summed E-state index contributed by atoms with van der Waals surface area (Å²) >= 11 is 0. The van der Waals surface area contributed by atoms with Gasteiger partial charge in [0.15, 0.2) is 0 Å². The van der Waals surface area contributed by atoms with Crippen molar-refractivity contribution in [3.8, 4) is 0 Å². The van der Waals surface area contributed by atoms with Gasteiger partial charge in [-0.3, -0.25) is 14.4 Å². The molecule has 7 nitrogen and oxygen atoms in total. The number of anilines is 2. The molecule has 1 aromatic heterocycles. The number of carbonyl (C=O) groups excluding carboxylic acids is 3. The molecular formula is C22H26N4O3. The molecule has 3 rings (SSSR count). The Kier molecular flexibility index (Phi) is 7.33. The van der Waals surface area contributed by atoms with Crippen molar-refractivity contribution in [2.45, 2.75) is 38.5 Å². The second-order valence-corrected chi connectivity index (χ2v) is 7.27. The third kappa shape index (κ3) is 6.71. The van der Waals surface area contributed by atoms with Crippen molar-refractivity contribution in [2.24, 2.45) is 5.92 Å². The lowest BCUT2D eigenvalue weighted by molar-refractivity contribution is -0.124. The van der Waals surface area contributed by atoms with Crippen LogP contribution < -0.4 is 16.0 Å². The van der Waals surface area contributed by atoms with E-state index >= 15 is 0 Å². The van der Waals surface area contributed by atoms with Gasteiger partial charge in [-0.1, -0.05) is 43.9 Å². The molecule has 3 amide bonds. The Morgan fingerprint density at radius 2 is 1.69 bits per heavy atom. The van der Waals surface area contributed by atoms with Crippen LogP contribution in [-0.4, -0.2) is 29.3 Å². The van der Waals surface area contributed by atoms with Crippen LogP contribution in [0.15, 0.2) is 48.7 Å². The number of amides is 3. The van der Waals surface area contributed by atoms with Crippen molar-refractivity contribution in [3.05, 3.63) is 54.2 Å². The first-order valence-corrected chi connectivity index (χ1v) is 9.99. The van der Waals surface area contributed by atoms with Gasteiger partial charge in [-0.2, -0.15) is 0 Å². The fraction of sp³-hybridized carbons (Fsp3) is 0.364. The maximum Gasteiger partial charge on any atom is 0.256 e. The highest BCUT2D eigenvalue weighted by molar-refractivity contribution is 6.03. The van der Waals surface area contributed by atoms with Crippen LogP contribution in [0.4, 0.5) is 11.5 Å². The van der Waals surface area contributed by atoms with Crippen LogP contribution in [0.25, 0.3) is 0 Å². The van der Waals surface area contributed by atoms with Crippen LogP contribution in [0.3, 0.4) is 0 Å². The molecule has 1 fully saturated rings. The van der Waals surface area contributed by atoms with Crippen LogP contribution in [0.1, 0.15) is 48.9 Å². The Bertz CT molecular complexity index is 831. The molecule has 3 N–H and O–H groups in total. The van der Waals surface area contributed by atoms with E-state index in [0.29, 0.717) is 29.4 Å². The highest BCUT2D eigenvalue weighted by atomic mass is 16.2. The van der Waals surface area contributed by atoms with Gasteiger partial charge in [0.1, 0.15) is 5.82 Å². The summed E-state index contributed by atoms with van der Waals surface area (Å²) in [6, 6.07) is 12.1. The quantitative estimate of drug-likeness (QED) is 0.639. The molecule has 0 unspecified atom stereocenters. The molecule has 1 aromatic carbocycles. The largest absolute Gasteiger partial charge is 0.347 e. The van der Waals surface area contributed by atoms with E-state index in [9.17, 15) is 14.4 Å². The van der Waals surface area contributed by atoms with Crippen molar-refractivity contribution in [1.82, 2.24) is 10.3 Å². The molecule has 1 saturated carbocycles. The summed E-state index contributed by atoms with van der Waals surface area (Å²) in [7, 11) is 0. The number of hydrogen-bond acceptors (Lipinski definition) is 4. The summed E-state index contributed by atoms with van der Waals surface area (Å²) in [6.45, 7) is -0.0734. The van der Waals surface area contributed by atoms with Gasteiger partial charge in [-0.15, -0.1) is 0 Å². The average molecular weight is 394 g/mol. The zero-order valence-electron chi connectivity index (χ0n) is 16.3. The SMILES string of the molecule is O=C(CCC1CCCC1)NCC(=O)Nc1ccc(NC(=O)c2ccccc2)nc1. The van der Waals surface area contributed by atoms with Crippen molar-refractivity contribution < 1.29 is 14.4 Å². The second kappa shape index (κ2) is 10.4. The molecule has 0 bridgehead atoms. The summed E-state index contributed by atoms with van der Waals surface area (Å²) in [5, 5.41) is 8.03. The smallest absolute Gasteiger partial charge is 0.256 e. The van der Waals surface area contributed by atoms with E-state index in [2.05, 4.69) is 20.9 Å². The Morgan fingerprint density at radius 3 is 2.38 bits per heavy atom. The van der Waals surface area contributed by atoms with Crippen LogP contribution >= 0.6 is 0 Å². The van der Waals surface area contributed by atoms with E-state index in [1.54, 1.807) is 36.4 Å². The third-order valence-corrected chi connectivity index (χ3v) is 5.03.